The van der Waals surface area contributed by atoms with Crippen molar-refractivity contribution in [1.82, 2.24) is 0 Å². The minimum Gasteiger partial charge on any atom is -0.294 e. The average molecular weight is 318 g/mol. The molecular formula is C14H8Cl3FO. The number of Topliss-reactive ketones (excluding diaryl/α,β-unsaturated/α-hetero) is 1. The summed E-state index contributed by atoms with van der Waals surface area (Å²) in [4.78, 5) is 12.1. The number of halogens is 4. The minimum atomic E-state index is -0.547. The van der Waals surface area contributed by atoms with Gasteiger partial charge in [-0.05, 0) is 29.8 Å². The summed E-state index contributed by atoms with van der Waals surface area (Å²) in [6.45, 7) is 0. The van der Waals surface area contributed by atoms with Crippen molar-refractivity contribution in [2.75, 3.05) is 0 Å². The van der Waals surface area contributed by atoms with Crippen LogP contribution in [0.2, 0.25) is 15.1 Å². The first kappa shape index (κ1) is 14.3. The van der Waals surface area contributed by atoms with Crippen LogP contribution in [0, 0.1) is 5.82 Å². The van der Waals surface area contributed by atoms with Crippen LogP contribution in [-0.4, -0.2) is 5.78 Å². The van der Waals surface area contributed by atoms with Gasteiger partial charge in [0, 0.05) is 17.0 Å². The highest BCUT2D eigenvalue weighted by Crippen LogP contribution is 2.25. The fourth-order valence-corrected chi connectivity index (χ4v) is 2.38. The molecule has 2 aromatic carbocycles. The smallest absolute Gasteiger partial charge is 0.168 e. The molecule has 1 nitrogen and oxygen atoms in total. The van der Waals surface area contributed by atoms with Crippen LogP contribution in [0.25, 0.3) is 0 Å². The molecule has 0 N–H and O–H groups in total. The molecule has 0 saturated carbocycles. The normalized spacial score (nSPS) is 10.5. The lowest BCUT2D eigenvalue weighted by molar-refractivity contribution is 0.0993. The second-order valence-electron chi connectivity index (χ2n) is 3.94. The standard InChI is InChI=1S/C14H8Cl3FO/c15-9-4-5-10(11(16)7-9)13(19)6-8-2-1-3-12(18)14(8)17/h1-5,7H,6H2. The zero-order valence-corrected chi connectivity index (χ0v) is 11.9. The van der Waals surface area contributed by atoms with Crippen molar-refractivity contribution in [2.45, 2.75) is 6.42 Å². The maximum absolute atomic E-state index is 13.3. The quantitative estimate of drug-likeness (QED) is 0.710. The van der Waals surface area contributed by atoms with Crippen LogP contribution in [-0.2, 0) is 6.42 Å². The largest absolute Gasteiger partial charge is 0.294 e. The van der Waals surface area contributed by atoms with E-state index in [-0.39, 0.29) is 22.2 Å². The van der Waals surface area contributed by atoms with Crippen LogP contribution < -0.4 is 0 Å². The highest BCUT2D eigenvalue weighted by molar-refractivity contribution is 6.37. The number of hydrogen-bond acceptors (Lipinski definition) is 1. The summed E-state index contributed by atoms with van der Waals surface area (Å²) in [6.07, 6.45) is -0.0159. The van der Waals surface area contributed by atoms with E-state index in [1.165, 1.54) is 18.2 Å². The topological polar surface area (TPSA) is 17.1 Å². The van der Waals surface area contributed by atoms with Gasteiger partial charge in [-0.2, -0.15) is 0 Å². The molecule has 0 aliphatic heterocycles. The molecule has 19 heavy (non-hydrogen) atoms. The second-order valence-corrected chi connectivity index (χ2v) is 5.16. The predicted octanol–water partition coefficient (Wildman–Crippen LogP) is 5.21. The molecule has 0 radical (unpaired) electrons. The molecule has 0 saturated heterocycles. The summed E-state index contributed by atoms with van der Waals surface area (Å²) in [5, 5.41) is 0.677. The molecule has 2 aromatic rings. The van der Waals surface area contributed by atoms with Crippen molar-refractivity contribution in [3.05, 3.63) is 68.4 Å². The number of ketones is 1. The van der Waals surface area contributed by atoms with Crippen molar-refractivity contribution in [2.24, 2.45) is 0 Å². The average Bonchev–Trinajstić information content (AvgIpc) is 2.34. The third-order valence-electron chi connectivity index (χ3n) is 2.61. The van der Waals surface area contributed by atoms with Gasteiger partial charge in [0.2, 0.25) is 0 Å². The lowest BCUT2D eigenvalue weighted by Gasteiger charge is -2.06. The molecule has 0 amide bonds. The molecule has 0 spiro atoms. The van der Waals surface area contributed by atoms with E-state index in [0.717, 1.165) is 0 Å². The van der Waals surface area contributed by atoms with Crippen LogP contribution in [0.15, 0.2) is 36.4 Å². The van der Waals surface area contributed by atoms with E-state index in [1.807, 2.05) is 0 Å². The molecule has 98 valence electrons. The van der Waals surface area contributed by atoms with Gasteiger partial charge in [0.25, 0.3) is 0 Å². The number of hydrogen-bond donors (Lipinski definition) is 0. The lowest BCUT2D eigenvalue weighted by Crippen LogP contribution is -2.05. The first-order chi connectivity index (χ1) is 8.99. The summed E-state index contributed by atoms with van der Waals surface area (Å²) in [5.74, 6) is -0.789. The van der Waals surface area contributed by atoms with Crippen molar-refractivity contribution in [1.29, 1.82) is 0 Å². The van der Waals surface area contributed by atoms with Crippen molar-refractivity contribution in [3.8, 4) is 0 Å². The Morgan fingerprint density at radius 1 is 1.11 bits per heavy atom. The zero-order chi connectivity index (χ0) is 14.0. The predicted molar refractivity (Wildman–Crippen MR) is 75.9 cm³/mol. The highest BCUT2D eigenvalue weighted by atomic mass is 35.5. The molecule has 0 atom stereocenters. The number of carbonyl (C=O) groups is 1. The Morgan fingerprint density at radius 2 is 1.84 bits per heavy atom. The molecule has 0 aliphatic carbocycles. The van der Waals surface area contributed by atoms with Crippen molar-refractivity contribution in [3.63, 3.8) is 0 Å². The minimum absolute atomic E-state index is 0.0159. The SMILES string of the molecule is O=C(Cc1cccc(F)c1Cl)c1ccc(Cl)cc1Cl. The van der Waals surface area contributed by atoms with Crippen LogP contribution in [0.1, 0.15) is 15.9 Å². The van der Waals surface area contributed by atoms with E-state index in [4.69, 9.17) is 34.8 Å². The van der Waals surface area contributed by atoms with Gasteiger partial charge < -0.3 is 0 Å². The Balaban J connectivity index is 2.28. The maximum atomic E-state index is 13.3. The summed E-state index contributed by atoms with van der Waals surface area (Å²) in [7, 11) is 0. The molecule has 5 heteroatoms. The van der Waals surface area contributed by atoms with E-state index in [1.54, 1.807) is 18.2 Å². The van der Waals surface area contributed by atoms with E-state index < -0.39 is 5.82 Å². The van der Waals surface area contributed by atoms with Gasteiger partial charge in [-0.1, -0.05) is 46.9 Å². The van der Waals surface area contributed by atoms with Crippen LogP contribution >= 0.6 is 34.8 Å². The van der Waals surface area contributed by atoms with E-state index in [0.29, 0.717) is 16.1 Å². The number of benzene rings is 2. The third kappa shape index (κ3) is 3.27. The third-order valence-corrected chi connectivity index (χ3v) is 3.59. The Morgan fingerprint density at radius 3 is 2.53 bits per heavy atom. The fraction of sp³-hybridized carbons (Fsp3) is 0.0714. The first-order valence-corrected chi connectivity index (χ1v) is 6.53. The van der Waals surface area contributed by atoms with Gasteiger partial charge in [-0.3, -0.25) is 4.79 Å². The molecule has 0 fully saturated rings. The Bertz CT molecular complexity index is 641. The molecule has 0 heterocycles. The molecule has 0 aliphatic rings. The van der Waals surface area contributed by atoms with Gasteiger partial charge >= 0.3 is 0 Å². The summed E-state index contributed by atoms with van der Waals surface area (Å²) in [6, 6.07) is 8.96. The Labute approximate surface area is 124 Å². The molecule has 2 rings (SSSR count). The van der Waals surface area contributed by atoms with Gasteiger partial charge in [0.15, 0.2) is 5.78 Å². The van der Waals surface area contributed by atoms with E-state index >= 15 is 0 Å². The summed E-state index contributed by atoms with van der Waals surface area (Å²) < 4.78 is 13.3. The second kappa shape index (κ2) is 5.91. The summed E-state index contributed by atoms with van der Waals surface area (Å²) in [5.41, 5.74) is 0.768. The lowest BCUT2D eigenvalue weighted by atomic mass is 10.0. The number of rotatable bonds is 3. The van der Waals surface area contributed by atoms with Crippen LogP contribution in [0.5, 0.6) is 0 Å². The Kier molecular flexibility index (Phi) is 4.46. The molecule has 0 aromatic heterocycles. The molecule has 0 bridgehead atoms. The molecule has 0 unspecified atom stereocenters. The van der Waals surface area contributed by atoms with Crippen LogP contribution in [0.4, 0.5) is 4.39 Å². The van der Waals surface area contributed by atoms with Gasteiger partial charge in [0.1, 0.15) is 5.82 Å². The first-order valence-electron chi connectivity index (χ1n) is 5.40. The van der Waals surface area contributed by atoms with Crippen LogP contribution in [0.3, 0.4) is 0 Å². The van der Waals surface area contributed by atoms with Crippen molar-refractivity contribution < 1.29 is 9.18 Å². The maximum Gasteiger partial charge on any atom is 0.168 e. The monoisotopic (exact) mass is 316 g/mol. The zero-order valence-electron chi connectivity index (χ0n) is 9.59. The Hall–Kier alpha value is -1.09. The van der Waals surface area contributed by atoms with Crippen molar-refractivity contribution >= 4 is 40.6 Å². The summed E-state index contributed by atoms with van der Waals surface area (Å²) >= 11 is 17.5. The van der Waals surface area contributed by atoms with Gasteiger partial charge in [-0.25, -0.2) is 4.39 Å². The molecular weight excluding hydrogens is 310 g/mol. The fourth-order valence-electron chi connectivity index (χ4n) is 1.67. The highest BCUT2D eigenvalue weighted by Gasteiger charge is 2.14. The van der Waals surface area contributed by atoms with E-state index in [2.05, 4.69) is 0 Å². The van der Waals surface area contributed by atoms with Gasteiger partial charge in [0.05, 0.1) is 10.0 Å². The number of carbonyl (C=O) groups excluding carboxylic acids is 1. The van der Waals surface area contributed by atoms with E-state index in [9.17, 15) is 9.18 Å². The van der Waals surface area contributed by atoms with Gasteiger partial charge in [-0.15, -0.1) is 0 Å².